The van der Waals surface area contributed by atoms with Crippen LogP contribution in [0.5, 0.6) is 0 Å². The van der Waals surface area contributed by atoms with Crippen LogP contribution in [0.1, 0.15) is 32.4 Å². The number of hydrogen-bond acceptors (Lipinski definition) is 5. The third-order valence-corrected chi connectivity index (χ3v) is 6.28. The molecule has 2 saturated heterocycles. The van der Waals surface area contributed by atoms with E-state index in [-0.39, 0.29) is 18.0 Å². The molecule has 7 heteroatoms. The van der Waals surface area contributed by atoms with E-state index >= 15 is 0 Å². The summed E-state index contributed by atoms with van der Waals surface area (Å²) in [4.78, 5) is 4.63. The van der Waals surface area contributed by atoms with Gasteiger partial charge in [-0.2, -0.15) is 5.10 Å². The molecular formula is C22H24ClN3O3. The number of benzene rings is 1. The molecule has 1 aromatic carbocycles. The average molecular weight is 414 g/mol. The van der Waals surface area contributed by atoms with Crippen LogP contribution in [-0.4, -0.2) is 40.4 Å². The van der Waals surface area contributed by atoms with Crippen molar-refractivity contribution in [1.82, 2.24) is 14.6 Å². The van der Waals surface area contributed by atoms with E-state index in [4.69, 9.17) is 30.9 Å². The summed E-state index contributed by atoms with van der Waals surface area (Å²) in [5, 5.41) is 5.40. The molecule has 2 aliphatic rings. The lowest BCUT2D eigenvalue weighted by atomic mass is 9.76. The van der Waals surface area contributed by atoms with Crippen LogP contribution in [0.3, 0.4) is 0 Å². The smallest absolute Gasteiger partial charge is 0.174 e. The van der Waals surface area contributed by atoms with Crippen LogP contribution in [0.2, 0.25) is 5.02 Å². The lowest BCUT2D eigenvalue weighted by Crippen LogP contribution is -2.53. The molecule has 2 unspecified atom stereocenters. The summed E-state index contributed by atoms with van der Waals surface area (Å²) in [7, 11) is 0. The first-order valence-corrected chi connectivity index (χ1v) is 10.4. The van der Waals surface area contributed by atoms with Crippen LogP contribution >= 0.6 is 11.6 Å². The van der Waals surface area contributed by atoms with E-state index in [1.165, 1.54) is 0 Å². The predicted octanol–water partition coefficient (Wildman–Crippen LogP) is 4.45. The van der Waals surface area contributed by atoms with Crippen molar-refractivity contribution in [1.29, 1.82) is 0 Å². The number of hydrogen-bond donors (Lipinski definition) is 0. The molecule has 0 amide bonds. The van der Waals surface area contributed by atoms with Gasteiger partial charge in [-0.25, -0.2) is 9.50 Å². The normalized spacial score (nSPS) is 26.4. The molecule has 2 aliphatic heterocycles. The van der Waals surface area contributed by atoms with Crippen molar-refractivity contribution in [2.24, 2.45) is 5.92 Å². The van der Waals surface area contributed by atoms with E-state index in [0.29, 0.717) is 10.9 Å². The third kappa shape index (κ3) is 3.34. The van der Waals surface area contributed by atoms with Gasteiger partial charge in [-0.3, -0.25) is 0 Å². The molecule has 3 aromatic rings. The summed E-state index contributed by atoms with van der Waals surface area (Å²) in [6, 6.07) is 9.76. The second kappa shape index (κ2) is 7.36. The number of rotatable bonds is 5. The van der Waals surface area contributed by atoms with Gasteiger partial charge in [0.05, 0.1) is 17.3 Å². The molecule has 2 fully saturated rings. The first kappa shape index (κ1) is 19.0. The minimum absolute atomic E-state index is 0.182. The number of ether oxygens (including phenoxy) is 3. The molecule has 0 bridgehead atoms. The lowest BCUT2D eigenvalue weighted by molar-refractivity contribution is -0.398. The van der Waals surface area contributed by atoms with Gasteiger partial charge in [-0.15, -0.1) is 0 Å². The summed E-state index contributed by atoms with van der Waals surface area (Å²) in [5.74, 6) is 0.470. The monoisotopic (exact) mass is 413 g/mol. The standard InChI is InChI=1S/C22H24ClN3O3/c1-14-28-21(29-14)22(2,11-15-8-10-27-13-15)19-7-9-24-20-18(12-25-26(19)20)16-3-5-17(23)6-4-16/h3-7,9,12,14-15,21H,8,10-11,13H2,1-2H3. The molecule has 2 atom stereocenters. The van der Waals surface area contributed by atoms with Crippen LogP contribution in [0.4, 0.5) is 0 Å². The fraction of sp³-hybridized carbons (Fsp3) is 0.455. The first-order chi connectivity index (χ1) is 14.0. The molecule has 152 valence electrons. The fourth-order valence-electron chi connectivity index (χ4n) is 4.48. The van der Waals surface area contributed by atoms with Crippen molar-refractivity contribution in [3.63, 3.8) is 0 Å². The zero-order valence-electron chi connectivity index (χ0n) is 16.5. The van der Waals surface area contributed by atoms with Crippen molar-refractivity contribution < 1.29 is 14.2 Å². The van der Waals surface area contributed by atoms with E-state index in [9.17, 15) is 0 Å². The van der Waals surface area contributed by atoms with Crippen LogP contribution in [-0.2, 0) is 19.6 Å². The maximum Gasteiger partial charge on any atom is 0.174 e. The molecule has 0 radical (unpaired) electrons. The maximum atomic E-state index is 6.05. The van der Waals surface area contributed by atoms with E-state index in [1.54, 1.807) is 0 Å². The Balaban J connectivity index is 1.58. The maximum absolute atomic E-state index is 6.05. The van der Waals surface area contributed by atoms with Crippen molar-refractivity contribution in [2.45, 2.75) is 44.7 Å². The largest absolute Gasteiger partial charge is 0.381 e. The van der Waals surface area contributed by atoms with Crippen LogP contribution < -0.4 is 0 Å². The Morgan fingerprint density at radius 3 is 2.69 bits per heavy atom. The molecule has 0 aliphatic carbocycles. The minimum atomic E-state index is -0.366. The molecule has 0 N–H and O–H groups in total. The summed E-state index contributed by atoms with van der Waals surface area (Å²) in [5.41, 5.74) is 3.48. The Labute approximate surface area is 174 Å². The van der Waals surface area contributed by atoms with E-state index in [1.807, 2.05) is 54.2 Å². The minimum Gasteiger partial charge on any atom is -0.381 e. The molecule has 2 aromatic heterocycles. The van der Waals surface area contributed by atoms with Crippen LogP contribution in [0, 0.1) is 5.92 Å². The van der Waals surface area contributed by atoms with Gasteiger partial charge in [0.15, 0.2) is 18.2 Å². The topological polar surface area (TPSA) is 57.9 Å². The molecule has 5 rings (SSSR count). The number of nitrogens with zero attached hydrogens (tertiary/aromatic N) is 3. The summed E-state index contributed by atoms with van der Waals surface area (Å²) < 4.78 is 19.5. The van der Waals surface area contributed by atoms with Gasteiger partial charge in [0.2, 0.25) is 0 Å². The highest BCUT2D eigenvalue weighted by Crippen LogP contribution is 2.43. The SMILES string of the molecule is CC1OC(C(C)(CC2CCOC2)c2ccnc3c(-c4ccc(Cl)cc4)cnn23)O1. The molecular weight excluding hydrogens is 390 g/mol. The second-order valence-electron chi connectivity index (χ2n) is 8.15. The van der Waals surface area contributed by atoms with E-state index in [0.717, 1.165) is 48.5 Å². The Morgan fingerprint density at radius 2 is 2.00 bits per heavy atom. The number of halogens is 1. The van der Waals surface area contributed by atoms with Gasteiger partial charge in [0.1, 0.15) is 0 Å². The van der Waals surface area contributed by atoms with E-state index < -0.39 is 0 Å². The summed E-state index contributed by atoms with van der Waals surface area (Å²) in [6.07, 6.45) is 5.17. The van der Waals surface area contributed by atoms with Gasteiger partial charge in [0, 0.05) is 30.0 Å². The van der Waals surface area contributed by atoms with Crippen LogP contribution in [0.15, 0.2) is 42.7 Å². The average Bonchev–Trinajstić information content (AvgIpc) is 3.35. The molecule has 0 spiro atoms. The van der Waals surface area contributed by atoms with Gasteiger partial charge in [-0.05, 0) is 56.4 Å². The predicted molar refractivity (Wildman–Crippen MR) is 110 cm³/mol. The van der Waals surface area contributed by atoms with Gasteiger partial charge in [-0.1, -0.05) is 23.7 Å². The van der Waals surface area contributed by atoms with Crippen LogP contribution in [0.25, 0.3) is 16.8 Å². The highest BCUT2D eigenvalue weighted by atomic mass is 35.5. The number of aromatic nitrogens is 3. The zero-order valence-corrected chi connectivity index (χ0v) is 17.3. The third-order valence-electron chi connectivity index (χ3n) is 6.03. The lowest BCUT2D eigenvalue weighted by Gasteiger charge is -2.46. The summed E-state index contributed by atoms with van der Waals surface area (Å²) in [6.45, 7) is 5.71. The van der Waals surface area contributed by atoms with Gasteiger partial charge in [0.25, 0.3) is 0 Å². The Bertz CT molecular complexity index is 1010. The van der Waals surface area contributed by atoms with Gasteiger partial charge < -0.3 is 14.2 Å². The van der Waals surface area contributed by atoms with Crippen molar-refractivity contribution in [2.75, 3.05) is 13.2 Å². The Hall–Kier alpha value is -1.99. The highest BCUT2D eigenvalue weighted by molar-refractivity contribution is 6.30. The van der Waals surface area contributed by atoms with Crippen molar-refractivity contribution in [3.05, 3.63) is 53.4 Å². The second-order valence-corrected chi connectivity index (χ2v) is 8.59. The summed E-state index contributed by atoms with van der Waals surface area (Å²) >= 11 is 6.05. The Morgan fingerprint density at radius 1 is 1.21 bits per heavy atom. The molecule has 4 heterocycles. The van der Waals surface area contributed by atoms with Crippen molar-refractivity contribution in [3.8, 4) is 11.1 Å². The fourth-order valence-corrected chi connectivity index (χ4v) is 4.61. The van der Waals surface area contributed by atoms with Crippen molar-refractivity contribution >= 4 is 17.2 Å². The molecule has 29 heavy (non-hydrogen) atoms. The zero-order chi connectivity index (χ0) is 20.0. The number of fused-ring (bicyclic) bond motifs is 1. The first-order valence-electron chi connectivity index (χ1n) is 10.0. The van der Waals surface area contributed by atoms with Gasteiger partial charge >= 0.3 is 0 Å². The quantitative estimate of drug-likeness (QED) is 0.618. The molecule has 6 nitrogen and oxygen atoms in total. The van der Waals surface area contributed by atoms with E-state index in [2.05, 4.69) is 11.9 Å². The Kier molecular flexibility index (Phi) is 4.82. The molecule has 0 saturated carbocycles. The highest BCUT2D eigenvalue weighted by Gasteiger charge is 2.48.